The lowest BCUT2D eigenvalue weighted by atomic mass is 10.0. The molecule has 0 radical (unpaired) electrons. The van der Waals surface area contributed by atoms with Crippen molar-refractivity contribution in [1.82, 2.24) is 4.31 Å². The van der Waals surface area contributed by atoms with Crippen LogP contribution in [0.1, 0.15) is 10.4 Å². The van der Waals surface area contributed by atoms with E-state index in [4.69, 9.17) is 0 Å². The number of hydrogen-bond acceptors (Lipinski definition) is 4. The standard InChI is InChI=1S/C17H16FNO4S2/c18-15-3-1-12(2-4-15)13-9-14(17(20)21)11-16(10-13)25(22,23)19-5-7-24-8-6-19/h1-4,9-11H,5-8H2,(H,20,21). The summed E-state index contributed by atoms with van der Waals surface area (Å²) in [5.41, 5.74) is 0.854. The van der Waals surface area contributed by atoms with E-state index in [0.29, 0.717) is 35.7 Å². The zero-order chi connectivity index (χ0) is 18.0. The smallest absolute Gasteiger partial charge is 0.335 e. The molecule has 1 aliphatic rings. The van der Waals surface area contributed by atoms with Gasteiger partial charge in [0.25, 0.3) is 0 Å². The van der Waals surface area contributed by atoms with Crippen LogP contribution in [0.3, 0.4) is 0 Å². The fraction of sp³-hybridized carbons (Fsp3) is 0.235. The van der Waals surface area contributed by atoms with E-state index in [1.807, 2.05) is 0 Å². The molecule has 3 rings (SSSR count). The van der Waals surface area contributed by atoms with E-state index in [9.17, 15) is 22.7 Å². The summed E-state index contributed by atoms with van der Waals surface area (Å²) in [6, 6.07) is 9.48. The number of carboxylic acids is 1. The number of aromatic carboxylic acids is 1. The van der Waals surface area contributed by atoms with Crippen molar-refractivity contribution in [1.29, 1.82) is 0 Å². The van der Waals surface area contributed by atoms with Crippen molar-refractivity contribution in [3.05, 3.63) is 53.8 Å². The van der Waals surface area contributed by atoms with Gasteiger partial charge in [-0.05, 0) is 41.5 Å². The second kappa shape index (κ2) is 7.15. The van der Waals surface area contributed by atoms with Crippen LogP contribution in [0.15, 0.2) is 47.4 Å². The SMILES string of the molecule is O=C(O)c1cc(-c2ccc(F)cc2)cc(S(=O)(=O)N2CCSCC2)c1. The highest BCUT2D eigenvalue weighted by molar-refractivity contribution is 7.99. The predicted octanol–water partition coefficient (Wildman–Crippen LogP) is 2.93. The number of carboxylic acid groups (broad SMARTS) is 1. The lowest BCUT2D eigenvalue weighted by Gasteiger charge is -2.26. The fourth-order valence-corrected chi connectivity index (χ4v) is 5.26. The molecule has 0 aromatic heterocycles. The highest BCUT2D eigenvalue weighted by atomic mass is 32.2. The largest absolute Gasteiger partial charge is 0.478 e. The average Bonchev–Trinajstić information content (AvgIpc) is 2.62. The van der Waals surface area contributed by atoms with Crippen molar-refractivity contribution in [2.75, 3.05) is 24.6 Å². The van der Waals surface area contributed by atoms with Crippen LogP contribution < -0.4 is 0 Å². The van der Waals surface area contributed by atoms with Gasteiger partial charge in [0.1, 0.15) is 5.82 Å². The molecule has 1 heterocycles. The Kier molecular flexibility index (Phi) is 5.12. The number of thioether (sulfide) groups is 1. The molecular formula is C17H16FNO4S2. The van der Waals surface area contributed by atoms with Gasteiger partial charge in [-0.25, -0.2) is 17.6 Å². The third-order valence-electron chi connectivity index (χ3n) is 3.94. The minimum Gasteiger partial charge on any atom is -0.478 e. The summed E-state index contributed by atoms with van der Waals surface area (Å²) in [6.07, 6.45) is 0. The molecule has 0 amide bonds. The van der Waals surface area contributed by atoms with E-state index >= 15 is 0 Å². The van der Waals surface area contributed by atoms with Crippen LogP contribution in [0.4, 0.5) is 4.39 Å². The quantitative estimate of drug-likeness (QED) is 0.881. The first kappa shape index (κ1) is 17.9. The minimum absolute atomic E-state index is 0.0568. The Bertz CT molecular complexity index is 891. The zero-order valence-corrected chi connectivity index (χ0v) is 14.8. The summed E-state index contributed by atoms with van der Waals surface area (Å²) in [7, 11) is -3.77. The van der Waals surface area contributed by atoms with Crippen LogP contribution in [0.5, 0.6) is 0 Å². The van der Waals surface area contributed by atoms with Crippen molar-refractivity contribution in [2.24, 2.45) is 0 Å². The molecule has 0 spiro atoms. The van der Waals surface area contributed by atoms with Crippen molar-refractivity contribution < 1.29 is 22.7 Å². The molecule has 1 aliphatic heterocycles. The van der Waals surface area contributed by atoms with Crippen LogP contribution in [-0.2, 0) is 10.0 Å². The van der Waals surface area contributed by atoms with Gasteiger partial charge in [0, 0.05) is 24.6 Å². The third kappa shape index (κ3) is 3.86. The average molecular weight is 381 g/mol. The topological polar surface area (TPSA) is 74.7 Å². The molecule has 1 fully saturated rings. The molecule has 0 aliphatic carbocycles. The highest BCUT2D eigenvalue weighted by Crippen LogP contribution is 2.28. The van der Waals surface area contributed by atoms with Gasteiger partial charge < -0.3 is 5.11 Å². The molecule has 1 saturated heterocycles. The van der Waals surface area contributed by atoms with Crippen molar-refractivity contribution >= 4 is 27.8 Å². The number of benzene rings is 2. The maximum atomic E-state index is 13.1. The lowest BCUT2D eigenvalue weighted by molar-refractivity contribution is 0.0696. The molecule has 8 heteroatoms. The van der Waals surface area contributed by atoms with Crippen LogP contribution in [0.2, 0.25) is 0 Å². The molecule has 0 atom stereocenters. The second-order valence-corrected chi connectivity index (χ2v) is 8.74. The number of sulfonamides is 1. The van der Waals surface area contributed by atoms with E-state index in [1.54, 1.807) is 11.8 Å². The van der Waals surface area contributed by atoms with Crippen LogP contribution in [-0.4, -0.2) is 48.4 Å². The van der Waals surface area contributed by atoms with Crippen LogP contribution in [0.25, 0.3) is 11.1 Å². The van der Waals surface area contributed by atoms with Gasteiger partial charge >= 0.3 is 5.97 Å². The summed E-state index contributed by atoms with van der Waals surface area (Å²) < 4.78 is 40.2. The summed E-state index contributed by atoms with van der Waals surface area (Å²) in [5, 5.41) is 9.33. The molecular weight excluding hydrogens is 365 g/mol. The molecule has 0 unspecified atom stereocenters. The van der Waals surface area contributed by atoms with E-state index in [0.717, 1.165) is 0 Å². The van der Waals surface area contributed by atoms with Gasteiger partial charge in [0.05, 0.1) is 10.5 Å². The summed E-state index contributed by atoms with van der Waals surface area (Å²) >= 11 is 1.68. The maximum absolute atomic E-state index is 13.1. The minimum atomic E-state index is -3.77. The van der Waals surface area contributed by atoms with Gasteiger partial charge in [-0.1, -0.05) is 12.1 Å². The number of carbonyl (C=O) groups is 1. The fourth-order valence-electron chi connectivity index (χ4n) is 2.62. The first-order valence-electron chi connectivity index (χ1n) is 7.60. The summed E-state index contributed by atoms with van der Waals surface area (Å²) in [5.74, 6) is -0.211. The van der Waals surface area contributed by atoms with Crippen LogP contribution in [0, 0.1) is 5.82 Å². The number of rotatable bonds is 4. The molecule has 2 aromatic rings. The van der Waals surface area contributed by atoms with Crippen molar-refractivity contribution in [3.8, 4) is 11.1 Å². The number of halogens is 1. The molecule has 132 valence electrons. The van der Waals surface area contributed by atoms with Crippen molar-refractivity contribution in [3.63, 3.8) is 0 Å². The Balaban J connectivity index is 2.10. The third-order valence-corrected chi connectivity index (χ3v) is 6.76. The zero-order valence-electron chi connectivity index (χ0n) is 13.2. The Labute approximate surface area is 149 Å². The van der Waals surface area contributed by atoms with E-state index in [2.05, 4.69) is 0 Å². The van der Waals surface area contributed by atoms with Crippen molar-refractivity contribution in [2.45, 2.75) is 4.90 Å². The summed E-state index contributed by atoms with van der Waals surface area (Å²) in [4.78, 5) is 11.4. The predicted molar refractivity (Wildman–Crippen MR) is 94.9 cm³/mol. The Morgan fingerprint density at radius 3 is 2.28 bits per heavy atom. The van der Waals surface area contributed by atoms with Crippen LogP contribution >= 0.6 is 11.8 Å². The Morgan fingerprint density at radius 1 is 1.04 bits per heavy atom. The molecule has 0 bridgehead atoms. The van der Waals surface area contributed by atoms with E-state index < -0.39 is 21.8 Å². The van der Waals surface area contributed by atoms with Gasteiger partial charge in [-0.3, -0.25) is 0 Å². The number of hydrogen-bond donors (Lipinski definition) is 1. The molecule has 0 saturated carbocycles. The molecule has 2 aromatic carbocycles. The Morgan fingerprint density at radius 2 is 1.68 bits per heavy atom. The van der Waals surface area contributed by atoms with Gasteiger partial charge in [0.2, 0.25) is 10.0 Å². The van der Waals surface area contributed by atoms with E-state index in [-0.39, 0.29) is 10.5 Å². The second-order valence-electron chi connectivity index (χ2n) is 5.57. The van der Waals surface area contributed by atoms with Gasteiger partial charge in [-0.2, -0.15) is 16.1 Å². The Hall–Kier alpha value is -1.90. The highest BCUT2D eigenvalue weighted by Gasteiger charge is 2.27. The molecule has 5 nitrogen and oxygen atoms in total. The monoisotopic (exact) mass is 381 g/mol. The maximum Gasteiger partial charge on any atom is 0.335 e. The summed E-state index contributed by atoms with van der Waals surface area (Å²) in [6.45, 7) is 0.798. The molecule has 1 N–H and O–H groups in total. The van der Waals surface area contributed by atoms with E-state index in [1.165, 1.54) is 46.8 Å². The first-order valence-corrected chi connectivity index (χ1v) is 10.2. The lowest BCUT2D eigenvalue weighted by Crippen LogP contribution is -2.37. The number of nitrogens with zero attached hydrogens (tertiary/aromatic N) is 1. The molecule has 25 heavy (non-hydrogen) atoms. The normalized spacial score (nSPS) is 15.9. The first-order chi connectivity index (χ1) is 11.9. The van der Waals surface area contributed by atoms with Gasteiger partial charge in [-0.15, -0.1) is 0 Å². The van der Waals surface area contributed by atoms with Gasteiger partial charge in [0.15, 0.2) is 0 Å².